The number of carbonyl (C=O) groups is 2. The van der Waals surface area contributed by atoms with Gasteiger partial charge in [-0.05, 0) is 43.5 Å². The Labute approximate surface area is 200 Å². The zero-order chi connectivity index (χ0) is 24.4. The molecule has 0 aliphatic heterocycles. The Balaban J connectivity index is 1.53. The molecule has 0 saturated carbocycles. The minimum Gasteiger partial charge on any atom is -0.480 e. The fourth-order valence-corrected chi connectivity index (χ4v) is 4.98. The van der Waals surface area contributed by atoms with Crippen LogP contribution in [0.25, 0.3) is 21.9 Å². The highest BCUT2D eigenvalue weighted by Gasteiger charge is 2.23. The minimum absolute atomic E-state index is 0.207. The number of carboxylic acids is 1. The molecule has 0 saturated heterocycles. The van der Waals surface area contributed by atoms with Gasteiger partial charge in [-0.15, -0.1) is 0 Å². The second-order valence-electron chi connectivity index (χ2n) is 8.30. The quantitative estimate of drug-likeness (QED) is 0.358. The molecule has 7 nitrogen and oxygen atoms in total. The SMILES string of the molecule is Cc1coc2c(C)c3oc(=O)c(CC(=O)NC(CSCc4ccccc4)C(=O)O)c(C)c3cc12. The van der Waals surface area contributed by atoms with Gasteiger partial charge in [0.25, 0.3) is 0 Å². The lowest BCUT2D eigenvalue weighted by molar-refractivity contribution is -0.141. The summed E-state index contributed by atoms with van der Waals surface area (Å²) in [6.07, 6.45) is 1.39. The zero-order valence-electron chi connectivity index (χ0n) is 19.1. The van der Waals surface area contributed by atoms with Gasteiger partial charge in [-0.25, -0.2) is 9.59 Å². The molecule has 0 radical (unpaired) electrons. The fraction of sp³-hybridized carbons (Fsp3) is 0.269. The highest BCUT2D eigenvalue weighted by atomic mass is 32.2. The summed E-state index contributed by atoms with van der Waals surface area (Å²) in [7, 11) is 0. The van der Waals surface area contributed by atoms with E-state index in [0.29, 0.717) is 22.5 Å². The normalized spacial score (nSPS) is 12.2. The topological polar surface area (TPSA) is 110 Å². The third kappa shape index (κ3) is 4.72. The van der Waals surface area contributed by atoms with Crippen molar-refractivity contribution in [3.8, 4) is 0 Å². The van der Waals surface area contributed by atoms with Crippen LogP contribution in [0.4, 0.5) is 0 Å². The van der Waals surface area contributed by atoms with Gasteiger partial charge in [0.2, 0.25) is 5.91 Å². The molecule has 8 heteroatoms. The molecule has 0 aliphatic rings. The summed E-state index contributed by atoms with van der Waals surface area (Å²) in [5.41, 5.74) is 4.08. The first kappa shape index (κ1) is 23.6. The number of hydrogen-bond donors (Lipinski definition) is 2. The number of fused-ring (bicyclic) bond motifs is 2. The van der Waals surface area contributed by atoms with E-state index < -0.39 is 23.5 Å². The van der Waals surface area contributed by atoms with Gasteiger partial charge in [-0.2, -0.15) is 11.8 Å². The maximum absolute atomic E-state index is 12.7. The number of hydrogen-bond acceptors (Lipinski definition) is 6. The van der Waals surface area contributed by atoms with Crippen LogP contribution in [0.15, 0.2) is 56.3 Å². The molecule has 4 rings (SSSR count). The molecule has 2 aromatic carbocycles. The van der Waals surface area contributed by atoms with Crippen LogP contribution in [0.3, 0.4) is 0 Å². The van der Waals surface area contributed by atoms with E-state index in [1.165, 1.54) is 11.8 Å². The van der Waals surface area contributed by atoms with E-state index in [2.05, 4.69) is 5.32 Å². The number of aryl methyl sites for hydroxylation is 3. The van der Waals surface area contributed by atoms with Crippen LogP contribution >= 0.6 is 11.8 Å². The maximum atomic E-state index is 12.7. The van der Waals surface area contributed by atoms with Crippen molar-refractivity contribution >= 4 is 45.6 Å². The van der Waals surface area contributed by atoms with E-state index in [0.717, 1.165) is 27.5 Å². The number of carbonyl (C=O) groups excluding carboxylic acids is 1. The Kier molecular flexibility index (Phi) is 6.79. The van der Waals surface area contributed by atoms with Crippen LogP contribution in [-0.2, 0) is 21.8 Å². The van der Waals surface area contributed by atoms with Crippen molar-refractivity contribution in [1.82, 2.24) is 5.32 Å². The third-order valence-electron chi connectivity index (χ3n) is 5.90. The fourth-order valence-electron chi connectivity index (χ4n) is 3.97. The van der Waals surface area contributed by atoms with Gasteiger partial charge in [0.05, 0.1) is 18.2 Å². The number of furan rings is 1. The van der Waals surface area contributed by atoms with E-state index in [9.17, 15) is 19.5 Å². The number of rotatable bonds is 8. The average molecular weight is 480 g/mol. The van der Waals surface area contributed by atoms with Crippen molar-refractivity contribution < 1.29 is 23.5 Å². The standard InChI is InChI=1S/C26H25NO6S/c1-14-11-32-23-16(3)24-19(9-18(14)23)15(2)20(26(31)33-24)10-22(28)27-21(25(29)30)13-34-12-17-7-5-4-6-8-17/h4-9,11,21H,10,12-13H2,1-3H3,(H,27,28)(H,29,30). The summed E-state index contributed by atoms with van der Waals surface area (Å²) >= 11 is 1.42. The van der Waals surface area contributed by atoms with E-state index in [-0.39, 0.29) is 17.7 Å². The largest absolute Gasteiger partial charge is 0.480 e. The summed E-state index contributed by atoms with van der Waals surface area (Å²) in [5.74, 6) is -0.822. The van der Waals surface area contributed by atoms with Crippen molar-refractivity contribution in [1.29, 1.82) is 0 Å². The number of aliphatic carboxylic acids is 1. The van der Waals surface area contributed by atoms with E-state index in [1.54, 1.807) is 13.2 Å². The zero-order valence-corrected chi connectivity index (χ0v) is 20.0. The monoisotopic (exact) mass is 479 g/mol. The minimum atomic E-state index is -1.12. The lowest BCUT2D eigenvalue weighted by Gasteiger charge is -2.15. The Hall–Kier alpha value is -3.52. The van der Waals surface area contributed by atoms with Gasteiger partial charge in [-0.3, -0.25) is 4.79 Å². The second-order valence-corrected chi connectivity index (χ2v) is 9.33. The Bertz CT molecular complexity index is 1440. The van der Waals surface area contributed by atoms with Gasteiger partial charge < -0.3 is 19.3 Å². The Morgan fingerprint density at radius 2 is 1.79 bits per heavy atom. The molecular formula is C26H25NO6S. The van der Waals surface area contributed by atoms with Gasteiger partial charge in [0, 0.05) is 27.8 Å². The molecule has 0 bridgehead atoms. The number of benzene rings is 2. The highest BCUT2D eigenvalue weighted by molar-refractivity contribution is 7.98. The maximum Gasteiger partial charge on any atom is 0.340 e. The highest BCUT2D eigenvalue weighted by Crippen LogP contribution is 2.32. The molecule has 2 heterocycles. The lowest BCUT2D eigenvalue weighted by Crippen LogP contribution is -2.43. The summed E-state index contributed by atoms with van der Waals surface area (Å²) in [6, 6.07) is 10.5. The first-order valence-electron chi connectivity index (χ1n) is 10.8. The Morgan fingerprint density at radius 1 is 1.06 bits per heavy atom. The number of nitrogens with one attached hydrogen (secondary N) is 1. The summed E-state index contributed by atoms with van der Waals surface area (Å²) in [6.45, 7) is 5.53. The van der Waals surface area contributed by atoms with Crippen molar-refractivity contribution in [2.24, 2.45) is 0 Å². The number of thioether (sulfide) groups is 1. The van der Waals surface area contributed by atoms with E-state index in [1.807, 2.05) is 50.2 Å². The molecule has 1 amide bonds. The van der Waals surface area contributed by atoms with Crippen molar-refractivity contribution in [2.45, 2.75) is 39.0 Å². The molecule has 2 N–H and O–H groups in total. The van der Waals surface area contributed by atoms with Crippen LogP contribution in [-0.4, -0.2) is 28.8 Å². The smallest absolute Gasteiger partial charge is 0.340 e. The van der Waals surface area contributed by atoms with Crippen molar-refractivity contribution in [3.63, 3.8) is 0 Å². The molecule has 1 atom stereocenters. The van der Waals surface area contributed by atoms with Gasteiger partial charge in [-0.1, -0.05) is 30.3 Å². The molecule has 0 spiro atoms. The Morgan fingerprint density at radius 3 is 2.50 bits per heavy atom. The van der Waals surface area contributed by atoms with E-state index in [4.69, 9.17) is 8.83 Å². The molecular weight excluding hydrogens is 454 g/mol. The van der Waals surface area contributed by atoms with E-state index >= 15 is 0 Å². The van der Waals surface area contributed by atoms with Gasteiger partial charge >= 0.3 is 11.6 Å². The third-order valence-corrected chi connectivity index (χ3v) is 7.01. The predicted octanol–water partition coefficient (Wildman–Crippen LogP) is 4.51. The lowest BCUT2D eigenvalue weighted by atomic mass is 9.99. The average Bonchev–Trinajstić information content (AvgIpc) is 3.18. The van der Waals surface area contributed by atoms with Gasteiger partial charge in [0.15, 0.2) is 0 Å². The molecule has 4 aromatic rings. The van der Waals surface area contributed by atoms with Crippen molar-refractivity contribution in [3.05, 3.63) is 80.9 Å². The second kappa shape index (κ2) is 9.77. The van der Waals surface area contributed by atoms with Crippen LogP contribution in [0.2, 0.25) is 0 Å². The predicted molar refractivity (Wildman–Crippen MR) is 132 cm³/mol. The van der Waals surface area contributed by atoms with Crippen LogP contribution < -0.4 is 10.9 Å². The molecule has 176 valence electrons. The first-order valence-corrected chi connectivity index (χ1v) is 12.0. The summed E-state index contributed by atoms with van der Waals surface area (Å²) < 4.78 is 11.2. The molecule has 0 fully saturated rings. The summed E-state index contributed by atoms with van der Waals surface area (Å²) in [4.78, 5) is 37.1. The van der Waals surface area contributed by atoms with Gasteiger partial charge in [0.1, 0.15) is 17.2 Å². The number of amides is 1. The first-order chi connectivity index (χ1) is 16.3. The summed E-state index contributed by atoms with van der Waals surface area (Å²) in [5, 5.41) is 13.7. The molecule has 2 aromatic heterocycles. The van der Waals surface area contributed by atoms with Crippen LogP contribution in [0.5, 0.6) is 0 Å². The number of carboxylic acid groups (broad SMARTS) is 1. The van der Waals surface area contributed by atoms with Crippen LogP contribution in [0, 0.1) is 20.8 Å². The molecule has 34 heavy (non-hydrogen) atoms. The van der Waals surface area contributed by atoms with Crippen molar-refractivity contribution in [2.75, 3.05) is 5.75 Å². The van der Waals surface area contributed by atoms with Crippen LogP contribution in [0.1, 0.15) is 27.8 Å². The molecule has 1 unspecified atom stereocenters. The molecule has 0 aliphatic carbocycles.